The fourth-order valence-electron chi connectivity index (χ4n) is 2.86. The summed E-state index contributed by atoms with van der Waals surface area (Å²) in [6.07, 6.45) is 2.49. The van der Waals surface area contributed by atoms with Crippen LogP contribution in [-0.4, -0.2) is 17.0 Å². The van der Waals surface area contributed by atoms with Gasteiger partial charge in [0.1, 0.15) is 0 Å². The average Bonchev–Trinajstić information content (AvgIpc) is 2.47. The quantitative estimate of drug-likeness (QED) is 0.256. The second kappa shape index (κ2) is 5.46. The first-order chi connectivity index (χ1) is 9.52. The molecule has 0 spiro atoms. The summed E-state index contributed by atoms with van der Waals surface area (Å²) in [5.74, 6) is 3.00. The summed E-state index contributed by atoms with van der Waals surface area (Å²) in [6, 6.07) is 9.25. The van der Waals surface area contributed by atoms with Gasteiger partial charge in [0.25, 0.3) is 5.91 Å². The van der Waals surface area contributed by atoms with Crippen LogP contribution in [0.2, 0.25) is 0 Å². The van der Waals surface area contributed by atoms with E-state index in [2.05, 4.69) is 0 Å². The Kier molecular flexibility index (Phi) is 3.90. The number of allylic oxidation sites excluding steroid dienone is 2. The van der Waals surface area contributed by atoms with Crippen LogP contribution >= 0.6 is 0 Å². The molecule has 2 atom stereocenters. The van der Waals surface area contributed by atoms with Gasteiger partial charge in [0.2, 0.25) is 0 Å². The summed E-state index contributed by atoms with van der Waals surface area (Å²) in [6.45, 7) is 1.95. The highest BCUT2D eigenvalue weighted by atomic mass is 16.4. The first-order valence-corrected chi connectivity index (χ1v) is 6.47. The molecule has 0 radical (unpaired) electrons. The number of hydrogen-bond acceptors (Lipinski definition) is 3. The van der Waals surface area contributed by atoms with E-state index in [9.17, 15) is 14.7 Å². The summed E-state index contributed by atoms with van der Waals surface area (Å²) < 4.78 is 0. The second-order valence-electron chi connectivity index (χ2n) is 5.17. The summed E-state index contributed by atoms with van der Waals surface area (Å²) >= 11 is 0. The molecule has 0 bridgehead atoms. The van der Waals surface area contributed by atoms with Gasteiger partial charge in [0.15, 0.2) is 5.41 Å². The number of hydrogen-bond donors (Lipinski definition) is 3. The Morgan fingerprint density at radius 3 is 2.55 bits per heavy atom. The maximum Gasteiger partial charge on any atom is 0.320 e. The number of nitrogens with one attached hydrogen (secondary N) is 1. The minimum absolute atomic E-state index is 0.150. The summed E-state index contributed by atoms with van der Waals surface area (Å²) in [7, 11) is 0. The van der Waals surface area contributed by atoms with E-state index in [-0.39, 0.29) is 6.42 Å². The van der Waals surface area contributed by atoms with Gasteiger partial charge in [-0.05, 0) is 25.3 Å². The van der Waals surface area contributed by atoms with Gasteiger partial charge in [-0.25, -0.2) is 5.84 Å². The number of carboxylic acid groups (broad SMARTS) is 1. The van der Waals surface area contributed by atoms with Crippen molar-refractivity contribution >= 4 is 11.9 Å². The molecule has 20 heavy (non-hydrogen) atoms. The topological polar surface area (TPSA) is 92.4 Å². The molecule has 2 rings (SSSR count). The molecule has 5 nitrogen and oxygen atoms in total. The van der Waals surface area contributed by atoms with Crippen LogP contribution < -0.4 is 11.3 Å². The highest BCUT2D eigenvalue weighted by Crippen LogP contribution is 2.47. The van der Waals surface area contributed by atoms with Gasteiger partial charge >= 0.3 is 5.97 Å². The van der Waals surface area contributed by atoms with Crippen molar-refractivity contribution in [2.75, 3.05) is 0 Å². The predicted molar refractivity (Wildman–Crippen MR) is 74.6 cm³/mol. The van der Waals surface area contributed by atoms with Crippen molar-refractivity contribution in [3.8, 4) is 0 Å². The maximum absolute atomic E-state index is 12.2. The number of benzene rings is 1. The summed E-state index contributed by atoms with van der Waals surface area (Å²) in [4.78, 5) is 24.0. The molecule has 1 amide bonds. The Balaban J connectivity index is 2.57. The van der Waals surface area contributed by atoms with E-state index >= 15 is 0 Å². The molecule has 0 aliphatic heterocycles. The number of carbonyl (C=O) groups is 2. The smallest absolute Gasteiger partial charge is 0.320 e. The van der Waals surface area contributed by atoms with Crippen molar-refractivity contribution in [3.63, 3.8) is 0 Å². The third kappa shape index (κ3) is 2.20. The van der Waals surface area contributed by atoms with E-state index in [0.29, 0.717) is 6.42 Å². The molecule has 0 heterocycles. The van der Waals surface area contributed by atoms with Crippen LogP contribution in [0.15, 0.2) is 42.0 Å². The van der Waals surface area contributed by atoms with Crippen LogP contribution in [0.4, 0.5) is 0 Å². The van der Waals surface area contributed by atoms with E-state index in [4.69, 9.17) is 5.84 Å². The average molecular weight is 274 g/mol. The highest BCUT2D eigenvalue weighted by Gasteiger charge is 2.53. The zero-order chi connectivity index (χ0) is 14.8. The van der Waals surface area contributed by atoms with E-state index in [1.54, 1.807) is 0 Å². The minimum atomic E-state index is -1.55. The molecule has 0 saturated carbocycles. The van der Waals surface area contributed by atoms with Gasteiger partial charge in [-0.3, -0.25) is 15.0 Å². The molecule has 0 fully saturated rings. The van der Waals surface area contributed by atoms with Gasteiger partial charge in [-0.15, -0.1) is 0 Å². The minimum Gasteiger partial charge on any atom is -0.480 e. The molecule has 5 heteroatoms. The predicted octanol–water partition coefficient (Wildman–Crippen LogP) is 1.57. The van der Waals surface area contributed by atoms with Crippen LogP contribution in [0.25, 0.3) is 0 Å². The van der Waals surface area contributed by atoms with E-state index in [1.165, 1.54) is 0 Å². The van der Waals surface area contributed by atoms with Gasteiger partial charge < -0.3 is 5.11 Å². The lowest BCUT2D eigenvalue weighted by Gasteiger charge is -2.38. The van der Waals surface area contributed by atoms with Gasteiger partial charge in [-0.1, -0.05) is 42.0 Å². The molecule has 106 valence electrons. The molecule has 1 aromatic carbocycles. The van der Waals surface area contributed by atoms with Crippen LogP contribution in [0.5, 0.6) is 0 Å². The van der Waals surface area contributed by atoms with Crippen LogP contribution in [0.1, 0.15) is 31.2 Å². The van der Waals surface area contributed by atoms with E-state index < -0.39 is 23.2 Å². The van der Waals surface area contributed by atoms with Crippen LogP contribution in [0.3, 0.4) is 0 Å². The monoisotopic (exact) mass is 274 g/mol. The Morgan fingerprint density at radius 2 is 2.00 bits per heavy atom. The SMILES string of the molecule is CC1=CCC(C(=O)O)(C(=O)NN)C(c2ccccc2)C1. The first-order valence-electron chi connectivity index (χ1n) is 6.47. The van der Waals surface area contributed by atoms with Crippen molar-refractivity contribution in [3.05, 3.63) is 47.5 Å². The Bertz CT molecular complexity index is 553. The van der Waals surface area contributed by atoms with Crippen LogP contribution in [-0.2, 0) is 9.59 Å². The summed E-state index contributed by atoms with van der Waals surface area (Å²) in [5.41, 5.74) is 2.40. The lowest BCUT2D eigenvalue weighted by atomic mass is 9.64. The third-order valence-electron chi connectivity index (χ3n) is 4.01. The number of hydrazine groups is 1. The lowest BCUT2D eigenvalue weighted by molar-refractivity contribution is -0.158. The third-order valence-corrected chi connectivity index (χ3v) is 4.01. The summed E-state index contributed by atoms with van der Waals surface area (Å²) in [5, 5.41) is 9.66. The highest BCUT2D eigenvalue weighted by molar-refractivity contribution is 6.03. The number of aliphatic carboxylic acids is 1. The number of carboxylic acids is 1. The number of nitrogens with two attached hydrogens (primary N) is 1. The van der Waals surface area contributed by atoms with Gasteiger partial charge in [0.05, 0.1) is 0 Å². The fourth-order valence-corrected chi connectivity index (χ4v) is 2.86. The lowest BCUT2D eigenvalue weighted by Crippen LogP contribution is -2.53. The Hall–Kier alpha value is -2.14. The molecule has 1 aromatic rings. The molecule has 2 unspecified atom stereocenters. The van der Waals surface area contributed by atoms with Crippen molar-refractivity contribution in [2.24, 2.45) is 11.3 Å². The number of carbonyl (C=O) groups excluding carboxylic acids is 1. The second-order valence-corrected chi connectivity index (χ2v) is 5.17. The van der Waals surface area contributed by atoms with Gasteiger partial charge in [0, 0.05) is 5.92 Å². The maximum atomic E-state index is 12.2. The molecule has 0 saturated heterocycles. The molecule has 1 aliphatic carbocycles. The zero-order valence-electron chi connectivity index (χ0n) is 11.3. The fraction of sp³-hybridized carbons (Fsp3) is 0.333. The van der Waals surface area contributed by atoms with Gasteiger partial charge in [-0.2, -0.15) is 0 Å². The normalized spacial score (nSPS) is 25.7. The van der Waals surface area contributed by atoms with E-state index in [1.807, 2.05) is 48.8 Å². The van der Waals surface area contributed by atoms with E-state index in [0.717, 1.165) is 11.1 Å². The Morgan fingerprint density at radius 1 is 1.35 bits per heavy atom. The first kappa shape index (κ1) is 14.3. The standard InChI is InChI=1S/C15H18N2O3/c1-10-7-8-15(14(19)20,13(18)17-16)12(9-10)11-5-3-2-4-6-11/h2-7,12H,8-9,16H2,1H3,(H,17,18)(H,19,20). The van der Waals surface area contributed by atoms with Crippen molar-refractivity contribution in [1.29, 1.82) is 0 Å². The van der Waals surface area contributed by atoms with Crippen LogP contribution in [0, 0.1) is 5.41 Å². The van der Waals surface area contributed by atoms with Crippen molar-refractivity contribution in [1.82, 2.24) is 5.43 Å². The molecular formula is C15H18N2O3. The van der Waals surface area contributed by atoms with Crippen molar-refractivity contribution in [2.45, 2.75) is 25.7 Å². The largest absolute Gasteiger partial charge is 0.480 e. The zero-order valence-corrected chi connectivity index (χ0v) is 11.3. The number of amides is 1. The molecule has 4 N–H and O–H groups in total. The molecular weight excluding hydrogens is 256 g/mol. The Labute approximate surface area is 117 Å². The molecule has 1 aliphatic rings. The van der Waals surface area contributed by atoms with Crippen molar-refractivity contribution < 1.29 is 14.7 Å². The molecule has 0 aromatic heterocycles. The number of rotatable bonds is 3.